The van der Waals surface area contributed by atoms with E-state index in [0.717, 1.165) is 11.4 Å². The van der Waals surface area contributed by atoms with Gasteiger partial charge in [-0.2, -0.15) is 0 Å². The molecule has 0 aliphatic heterocycles. The molecule has 318 valence electrons. The zero-order chi connectivity index (χ0) is 45.0. The Hall–Kier alpha value is -8.98. The third-order valence-corrected chi connectivity index (χ3v) is 13.7. The van der Waals surface area contributed by atoms with Gasteiger partial charge in [-0.05, 0) is 140 Å². The van der Waals surface area contributed by atoms with Gasteiger partial charge in [-0.3, -0.25) is 0 Å². The molecule has 0 spiro atoms. The number of fused-ring (bicyclic) bond motifs is 6. The van der Waals surface area contributed by atoms with Gasteiger partial charge in [0.2, 0.25) is 0 Å². The van der Waals surface area contributed by atoms with Gasteiger partial charge >= 0.3 is 0 Å². The summed E-state index contributed by atoms with van der Waals surface area (Å²) in [7, 11) is 0. The normalized spacial score (nSPS) is 11.5. The van der Waals surface area contributed by atoms with Crippen LogP contribution in [0.15, 0.2) is 267 Å². The molecule has 0 unspecified atom stereocenters. The maximum atomic E-state index is 2.43. The van der Waals surface area contributed by atoms with Crippen LogP contribution >= 0.6 is 0 Å². The molecule has 0 amide bonds. The van der Waals surface area contributed by atoms with Crippen LogP contribution in [-0.2, 0) is 0 Å². The van der Waals surface area contributed by atoms with Crippen molar-refractivity contribution in [2.45, 2.75) is 0 Å². The quantitative estimate of drug-likeness (QED) is 0.144. The van der Waals surface area contributed by atoms with Crippen LogP contribution in [0.1, 0.15) is 0 Å². The van der Waals surface area contributed by atoms with Gasteiger partial charge in [-0.1, -0.05) is 194 Å². The molecule has 0 saturated heterocycles. The Morgan fingerprint density at radius 3 is 0.779 bits per heavy atom. The number of rotatable bonds is 8. The molecule has 0 aliphatic carbocycles. The van der Waals surface area contributed by atoms with Gasteiger partial charge in [-0.25, -0.2) is 0 Å². The van der Waals surface area contributed by atoms with Gasteiger partial charge in [0.1, 0.15) is 0 Å². The second kappa shape index (κ2) is 16.5. The summed E-state index contributed by atoms with van der Waals surface area (Å²) in [5, 5.41) is 4.94. The highest BCUT2D eigenvalue weighted by Crippen LogP contribution is 2.40. The predicted octanol–water partition coefficient (Wildman–Crippen LogP) is 17.9. The number of aromatic nitrogens is 2. The summed E-state index contributed by atoms with van der Waals surface area (Å²) in [6.45, 7) is 0. The van der Waals surface area contributed by atoms with Crippen LogP contribution in [0.4, 0.5) is 0 Å². The summed E-state index contributed by atoms with van der Waals surface area (Å²) >= 11 is 0. The van der Waals surface area contributed by atoms with E-state index in [-0.39, 0.29) is 0 Å². The van der Waals surface area contributed by atoms with Gasteiger partial charge in [0.15, 0.2) is 0 Å². The molecular formula is C66H44N2. The number of nitrogens with zero attached hydrogens (tertiary/aromatic N) is 2. The Morgan fingerprint density at radius 2 is 0.412 bits per heavy atom. The van der Waals surface area contributed by atoms with Crippen LogP contribution < -0.4 is 0 Å². The van der Waals surface area contributed by atoms with Crippen molar-refractivity contribution in [1.29, 1.82) is 0 Å². The fourth-order valence-corrected chi connectivity index (χ4v) is 10.3. The smallest absolute Gasteiger partial charge is 0.0541 e. The topological polar surface area (TPSA) is 9.86 Å². The average molecular weight is 865 g/mol. The SMILES string of the molecule is c1ccc(-c2ccc(-n3c4ccc(-c5ccccc5)cc4c4cc(-c5ccc(-c6ccc7c(c6)c6cc(-c8ccccc8)ccc6n7-c6cccc(-c7ccccc7)c6)cc5)ccc43)cc2)cc1. The van der Waals surface area contributed by atoms with Crippen molar-refractivity contribution < 1.29 is 0 Å². The highest BCUT2D eigenvalue weighted by atomic mass is 15.0. The molecule has 2 heteroatoms. The van der Waals surface area contributed by atoms with Crippen molar-refractivity contribution in [1.82, 2.24) is 9.13 Å². The van der Waals surface area contributed by atoms with Crippen LogP contribution in [-0.4, -0.2) is 9.13 Å². The Morgan fingerprint density at radius 1 is 0.162 bits per heavy atom. The summed E-state index contributed by atoms with van der Waals surface area (Å²) in [5.41, 5.74) is 21.5. The molecule has 2 aromatic heterocycles. The van der Waals surface area contributed by atoms with E-state index in [1.807, 2.05) is 0 Å². The second-order valence-corrected chi connectivity index (χ2v) is 17.7. The van der Waals surface area contributed by atoms with Gasteiger partial charge in [-0.15, -0.1) is 0 Å². The zero-order valence-corrected chi connectivity index (χ0v) is 37.3. The molecule has 13 aromatic rings. The minimum Gasteiger partial charge on any atom is -0.309 e. The maximum absolute atomic E-state index is 2.43. The molecule has 0 fully saturated rings. The molecule has 13 rings (SSSR count). The summed E-state index contributed by atoms with van der Waals surface area (Å²) in [6.07, 6.45) is 0. The van der Waals surface area contributed by atoms with Crippen LogP contribution in [0.25, 0.3) is 122 Å². The lowest BCUT2D eigenvalue weighted by atomic mass is 9.97. The number of benzene rings is 11. The highest BCUT2D eigenvalue weighted by molar-refractivity contribution is 6.13. The number of hydrogen-bond donors (Lipinski definition) is 0. The molecule has 0 saturated carbocycles. The van der Waals surface area contributed by atoms with Crippen LogP contribution in [0.5, 0.6) is 0 Å². The van der Waals surface area contributed by atoms with Crippen molar-refractivity contribution >= 4 is 43.6 Å². The third-order valence-electron chi connectivity index (χ3n) is 13.7. The van der Waals surface area contributed by atoms with Crippen molar-refractivity contribution in [2.75, 3.05) is 0 Å². The molecule has 11 aromatic carbocycles. The van der Waals surface area contributed by atoms with E-state index in [1.165, 1.54) is 110 Å². The molecule has 0 aliphatic rings. The molecule has 2 nitrogen and oxygen atoms in total. The maximum Gasteiger partial charge on any atom is 0.0541 e. The summed E-state index contributed by atoms with van der Waals surface area (Å²) < 4.78 is 4.84. The van der Waals surface area contributed by atoms with Gasteiger partial charge in [0.05, 0.1) is 22.1 Å². The lowest BCUT2D eigenvalue weighted by molar-refractivity contribution is 1.18. The Bertz CT molecular complexity index is 3960. The van der Waals surface area contributed by atoms with Crippen LogP contribution in [0.2, 0.25) is 0 Å². The second-order valence-electron chi connectivity index (χ2n) is 17.7. The Balaban J connectivity index is 0.903. The predicted molar refractivity (Wildman–Crippen MR) is 288 cm³/mol. The molecule has 2 heterocycles. The van der Waals surface area contributed by atoms with E-state index in [9.17, 15) is 0 Å². The molecule has 0 atom stereocenters. The van der Waals surface area contributed by atoms with E-state index >= 15 is 0 Å². The molecule has 0 radical (unpaired) electrons. The van der Waals surface area contributed by atoms with E-state index in [2.05, 4.69) is 276 Å². The Kier molecular flexibility index (Phi) is 9.54. The van der Waals surface area contributed by atoms with E-state index < -0.39 is 0 Å². The molecule has 0 N–H and O–H groups in total. The summed E-state index contributed by atoms with van der Waals surface area (Å²) in [4.78, 5) is 0. The van der Waals surface area contributed by atoms with Gasteiger partial charge in [0, 0.05) is 32.9 Å². The van der Waals surface area contributed by atoms with E-state index in [0.29, 0.717) is 0 Å². The number of hydrogen-bond acceptors (Lipinski definition) is 0. The minimum atomic E-state index is 1.14. The van der Waals surface area contributed by atoms with Gasteiger partial charge < -0.3 is 9.13 Å². The first-order valence-corrected chi connectivity index (χ1v) is 23.4. The molecular weight excluding hydrogens is 821 g/mol. The first-order chi connectivity index (χ1) is 33.7. The van der Waals surface area contributed by atoms with Crippen molar-refractivity contribution in [3.63, 3.8) is 0 Å². The fourth-order valence-electron chi connectivity index (χ4n) is 10.3. The first-order valence-electron chi connectivity index (χ1n) is 23.4. The largest absolute Gasteiger partial charge is 0.309 e. The molecule has 68 heavy (non-hydrogen) atoms. The van der Waals surface area contributed by atoms with Crippen molar-refractivity contribution in [3.8, 4) is 78.1 Å². The standard InChI is InChI=1S/C66H44N2/c1-5-14-45(15-6-1)49-28-34-57(35-29-49)67-63-36-30-53(47-18-9-3-10-19-47)41-59(63)60-43-55(32-37-64(60)67)50-24-26-51(27-25-50)56-33-39-66-62(44-56)61-42-54(48-20-11-4-12-21-48)31-38-65(61)68(66)58-23-13-22-52(40-58)46-16-7-2-8-17-46/h1-44H. The summed E-state index contributed by atoms with van der Waals surface area (Å²) in [5.74, 6) is 0. The minimum absolute atomic E-state index is 1.14. The van der Waals surface area contributed by atoms with Crippen molar-refractivity contribution in [2.24, 2.45) is 0 Å². The van der Waals surface area contributed by atoms with Crippen LogP contribution in [0.3, 0.4) is 0 Å². The summed E-state index contributed by atoms with van der Waals surface area (Å²) in [6, 6.07) is 97.4. The lowest BCUT2D eigenvalue weighted by Gasteiger charge is -2.11. The highest BCUT2D eigenvalue weighted by Gasteiger charge is 2.18. The van der Waals surface area contributed by atoms with E-state index in [4.69, 9.17) is 0 Å². The Labute approximate surface area is 395 Å². The van der Waals surface area contributed by atoms with Gasteiger partial charge in [0.25, 0.3) is 0 Å². The average Bonchev–Trinajstić information content (AvgIpc) is 3.93. The monoisotopic (exact) mass is 864 g/mol. The third kappa shape index (κ3) is 6.90. The molecule has 0 bridgehead atoms. The fraction of sp³-hybridized carbons (Fsp3) is 0. The van der Waals surface area contributed by atoms with Crippen molar-refractivity contribution in [3.05, 3.63) is 267 Å². The zero-order valence-electron chi connectivity index (χ0n) is 37.3. The van der Waals surface area contributed by atoms with E-state index in [1.54, 1.807) is 0 Å². The van der Waals surface area contributed by atoms with Crippen LogP contribution in [0, 0.1) is 0 Å². The lowest BCUT2D eigenvalue weighted by Crippen LogP contribution is -1.94. The first kappa shape index (κ1) is 39.4.